The Balaban J connectivity index is 0.00000204. The van der Waals surface area contributed by atoms with Gasteiger partial charge in [-0.1, -0.05) is 60.7 Å². The molecule has 0 radical (unpaired) electrons. The van der Waals surface area contributed by atoms with Gasteiger partial charge in [0.05, 0.1) is 12.5 Å². The Hall–Kier alpha value is -2.42. The van der Waals surface area contributed by atoms with E-state index in [1.165, 1.54) is 0 Å². The van der Waals surface area contributed by atoms with E-state index < -0.39 is 12.1 Å². The highest BCUT2D eigenvalue weighted by atomic mass is 35.5. The van der Waals surface area contributed by atoms with Gasteiger partial charge in [0.25, 0.3) is 5.91 Å². The third-order valence-corrected chi connectivity index (χ3v) is 6.06. The number of hydrogen-bond donors (Lipinski definition) is 3. The van der Waals surface area contributed by atoms with Crippen molar-refractivity contribution in [2.24, 2.45) is 4.99 Å². The van der Waals surface area contributed by atoms with Crippen molar-refractivity contribution in [3.05, 3.63) is 83.7 Å². The van der Waals surface area contributed by atoms with Gasteiger partial charge < -0.3 is 53.2 Å². The molecule has 2 aliphatic rings. The van der Waals surface area contributed by atoms with Gasteiger partial charge >= 0.3 is 0 Å². The third kappa shape index (κ3) is 8.05. The van der Waals surface area contributed by atoms with Crippen LogP contribution in [0, 0.1) is 0 Å². The molecule has 2 aromatic carbocycles. The molecule has 0 aliphatic carbocycles. The fourth-order valence-electron chi connectivity index (χ4n) is 4.39. The molecule has 190 valence electrons. The predicted octanol–water partition coefficient (Wildman–Crippen LogP) is -8.46. The molecule has 0 saturated carbocycles. The Labute approximate surface area is 224 Å². The highest BCUT2D eigenvalue weighted by molar-refractivity contribution is 5.90. The first kappa shape index (κ1) is 30.6. The molecule has 2 aliphatic heterocycles. The van der Waals surface area contributed by atoms with Gasteiger partial charge in [-0.25, -0.2) is 4.99 Å². The van der Waals surface area contributed by atoms with E-state index in [-0.39, 0.29) is 55.1 Å². The number of carbonyl (C=O) groups is 2. The van der Waals surface area contributed by atoms with Crippen molar-refractivity contribution in [3.63, 3.8) is 0 Å². The molecule has 7 nitrogen and oxygen atoms in total. The largest absolute Gasteiger partial charge is 1.00 e. The Kier molecular flexibility index (Phi) is 13.0. The first-order chi connectivity index (χ1) is 15.6. The van der Waals surface area contributed by atoms with Gasteiger partial charge in [0.15, 0.2) is 12.4 Å². The average Bonchev–Trinajstić information content (AvgIpc) is 3.51. The number of amides is 2. The first-order valence-corrected chi connectivity index (χ1v) is 11.2. The molecule has 2 heterocycles. The van der Waals surface area contributed by atoms with Crippen LogP contribution in [0.3, 0.4) is 0 Å². The number of aliphatic imine (C=N–C) groups is 1. The van der Waals surface area contributed by atoms with Crippen LogP contribution in [0.2, 0.25) is 0 Å². The van der Waals surface area contributed by atoms with Crippen molar-refractivity contribution >= 4 is 18.2 Å². The van der Waals surface area contributed by atoms with Crippen molar-refractivity contribution in [1.82, 2.24) is 10.2 Å². The van der Waals surface area contributed by atoms with E-state index in [4.69, 9.17) is 0 Å². The molecule has 35 heavy (non-hydrogen) atoms. The first-order valence-electron chi connectivity index (χ1n) is 11.2. The zero-order valence-corrected chi connectivity index (χ0v) is 21.6. The van der Waals surface area contributed by atoms with Crippen molar-refractivity contribution in [2.45, 2.75) is 43.8 Å². The monoisotopic (exact) mass is 538 g/mol. The van der Waals surface area contributed by atoms with Crippen LogP contribution < -0.4 is 53.6 Å². The molecule has 2 amide bonds. The molecule has 2 aromatic rings. The van der Waals surface area contributed by atoms with E-state index in [0.29, 0.717) is 25.8 Å². The second-order valence-electron chi connectivity index (χ2n) is 8.38. The third-order valence-electron chi connectivity index (χ3n) is 6.06. The lowest BCUT2D eigenvalue weighted by molar-refractivity contribution is -0.448. The van der Waals surface area contributed by atoms with Crippen LogP contribution in [-0.4, -0.2) is 41.7 Å². The molecule has 6 N–H and O–H groups in total. The number of benzene rings is 2. The highest BCUT2D eigenvalue weighted by Gasteiger charge is 2.38. The Morgan fingerprint density at radius 1 is 1.03 bits per heavy atom. The van der Waals surface area contributed by atoms with Crippen LogP contribution >= 0.6 is 0 Å². The maximum absolute atomic E-state index is 13.3. The molecule has 1 saturated heterocycles. The topological polar surface area (TPSA) is 106 Å². The van der Waals surface area contributed by atoms with Crippen molar-refractivity contribution in [2.75, 3.05) is 6.54 Å². The molecule has 0 spiro atoms. The number of nitrogens with two attached hydrogens (primary N) is 1. The summed E-state index contributed by atoms with van der Waals surface area (Å²) in [6.07, 6.45) is 6.28. The minimum Gasteiger partial charge on any atom is -1.00 e. The summed E-state index contributed by atoms with van der Waals surface area (Å²) in [5.74, 6) is -0.177. The summed E-state index contributed by atoms with van der Waals surface area (Å²) in [5.41, 5.74) is 7.11. The molecule has 10 heteroatoms. The maximum atomic E-state index is 13.3. The zero-order valence-electron chi connectivity index (χ0n) is 19.3. The number of quaternary nitrogens is 2. The van der Waals surface area contributed by atoms with E-state index in [1.807, 2.05) is 60.0 Å². The van der Waals surface area contributed by atoms with Gasteiger partial charge in [-0.2, -0.15) is 0 Å². The van der Waals surface area contributed by atoms with Crippen LogP contribution in [0.15, 0.2) is 77.6 Å². The quantitative estimate of drug-likeness (QED) is 0.310. The summed E-state index contributed by atoms with van der Waals surface area (Å²) in [7, 11) is 0. The number of hydrogen-bond acceptors (Lipinski definition) is 3. The Morgan fingerprint density at radius 2 is 1.69 bits per heavy atom. The number of likely N-dealkylation sites (tertiary alicyclic amines) is 1. The van der Waals surface area contributed by atoms with Crippen LogP contribution in [0.4, 0.5) is 0 Å². The Bertz CT molecular complexity index is 1000. The molecule has 1 fully saturated rings. The van der Waals surface area contributed by atoms with Crippen molar-refractivity contribution < 1.29 is 57.9 Å². The van der Waals surface area contributed by atoms with Crippen LogP contribution in [0.1, 0.15) is 36.4 Å². The summed E-state index contributed by atoms with van der Waals surface area (Å²) in [6.45, 7) is 0.589. The summed E-state index contributed by atoms with van der Waals surface area (Å²) in [5, 5.41) is 5.08. The molecular formula is C25H31Cl3N5O2-. The lowest BCUT2D eigenvalue weighted by Crippen LogP contribution is -3.00. The second-order valence-corrected chi connectivity index (χ2v) is 8.38. The lowest BCUT2D eigenvalue weighted by Gasteiger charge is -2.28. The Morgan fingerprint density at radius 3 is 2.31 bits per heavy atom. The van der Waals surface area contributed by atoms with Gasteiger partial charge in [0.2, 0.25) is 5.91 Å². The summed E-state index contributed by atoms with van der Waals surface area (Å²) in [6, 6.07) is 19.1. The SMILES string of the molecule is [Cl-].[Cl-].[Cl-].[NH3+][C@@H](CC1=C[NH2+]C=N1)C(=O)N1CCC[C@H]1C(=O)N[C@@H](Cc1ccccc1)c1ccccc1. The van der Waals surface area contributed by atoms with E-state index in [9.17, 15) is 9.59 Å². The minimum absolute atomic E-state index is 0. The smallest absolute Gasteiger partial charge is 0.281 e. The number of nitrogens with one attached hydrogen (secondary N) is 1. The summed E-state index contributed by atoms with van der Waals surface area (Å²) >= 11 is 0. The zero-order chi connectivity index (χ0) is 22.3. The lowest BCUT2D eigenvalue weighted by atomic mass is 9.98. The predicted molar refractivity (Wildman–Crippen MR) is 122 cm³/mol. The van der Waals surface area contributed by atoms with Gasteiger partial charge in [0.1, 0.15) is 17.9 Å². The molecule has 0 bridgehead atoms. The normalized spacial score (nSPS) is 17.8. The van der Waals surface area contributed by atoms with Gasteiger partial charge in [-0.3, -0.25) is 14.9 Å². The second kappa shape index (κ2) is 14.9. The molecule has 3 atom stereocenters. The fraction of sp³-hybridized carbons (Fsp3) is 0.320. The maximum Gasteiger partial charge on any atom is 0.281 e. The van der Waals surface area contributed by atoms with Crippen LogP contribution in [0.5, 0.6) is 0 Å². The van der Waals surface area contributed by atoms with E-state index >= 15 is 0 Å². The highest BCUT2D eigenvalue weighted by Crippen LogP contribution is 2.23. The number of rotatable bonds is 8. The number of nitrogens with zero attached hydrogens (tertiary/aromatic N) is 2. The summed E-state index contributed by atoms with van der Waals surface area (Å²) in [4.78, 5) is 32.4. The van der Waals surface area contributed by atoms with E-state index in [1.54, 1.807) is 11.2 Å². The number of halogens is 3. The van der Waals surface area contributed by atoms with Crippen LogP contribution in [-0.2, 0) is 16.0 Å². The van der Waals surface area contributed by atoms with Crippen molar-refractivity contribution in [1.29, 1.82) is 0 Å². The number of carbonyl (C=O) groups excluding carboxylic acids is 2. The molecule has 0 aromatic heterocycles. The average molecular weight is 540 g/mol. The van der Waals surface area contributed by atoms with Gasteiger partial charge in [-0.05, 0) is 30.4 Å². The van der Waals surface area contributed by atoms with Gasteiger partial charge in [0, 0.05) is 6.54 Å². The summed E-state index contributed by atoms with van der Waals surface area (Å²) < 4.78 is 0. The minimum atomic E-state index is -0.457. The van der Waals surface area contributed by atoms with Crippen LogP contribution in [0.25, 0.3) is 0 Å². The van der Waals surface area contributed by atoms with Crippen molar-refractivity contribution in [3.8, 4) is 0 Å². The van der Waals surface area contributed by atoms with E-state index in [2.05, 4.69) is 28.2 Å². The van der Waals surface area contributed by atoms with E-state index in [0.717, 1.165) is 23.2 Å². The molecule has 0 unspecified atom stereocenters. The fourth-order valence-corrected chi connectivity index (χ4v) is 4.39. The van der Waals surface area contributed by atoms with Gasteiger partial charge in [-0.15, -0.1) is 0 Å². The molecule has 4 rings (SSSR count). The standard InChI is InChI=1S/C25H29N5O2.3ClH/c26-21(15-20-16-27-17-28-20)25(32)30-13-7-12-23(30)24(31)29-22(19-10-5-2-6-11-19)14-18-8-3-1-4-9-18;;;/h1-6,8-11,16-17,21-23H,7,12-15,26H2,(H,27,28)(H,29,31);3*1H/p-1/t21-,22-,23-;;;/m0.../s1. The molecular weight excluding hydrogens is 509 g/mol.